The van der Waals surface area contributed by atoms with E-state index in [4.69, 9.17) is 0 Å². The average molecular weight is 180 g/mol. The summed E-state index contributed by atoms with van der Waals surface area (Å²) in [6, 6.07) is 0. The molecule has 0 aromatic rings. The van der Waals surface area contributed by atoms with Gasteiger partial charge in [0.2, 0.25) is 0 Å². The Labute approximate surface area is 71.5 Å². The van der Waals surface area contributed by atoms with E-state index < -0.39 is 17.2 Å². The molecule has 0 aliphatic heterocycles. The summed E-state index contributed by atoms with van der Waals surface area (Å²) in [5.41, 5.74) is -0.837. The van der Waals surface area contributed by atoms with Gasteiger partial charge in [-0.2, -0.15) is 13.2 Å². The fourth-order valence-corrected chi connectivity index (χ4v) is 0.907. The lowest BCUT2D eigenvalue weighted by Crippen LogP contribution is -2.14. The van der Waals surface area contributed by atoms with Gasteiger partial charge in [0.05, 0.1) is 0 Å². The van der Waals surface area contributed by atoms with Crippen LogP contribution >= 0.6 is 0 Å². The van der Waals surface area contributed by atoms with Crippen molar-refractivity contribution >= 4 is 0 Å². The molecule has 72 valence electrons. The van der Waals surface area contributed by atoms with E-state index >= 15 is 0 Å². The molecule has 0 saturated heterocycles. The molecule has 0 aliphatic carbocycles. The van der Waals surface area contributed by atoms with Crippen LogP contribution in [0.4, 0.5) is 13.2 Å². The lowest BCUT2D eigenvalue weighted by atomic mass is 9.92. The van der Waals surface area contributed by atoms with Crippen molar-refractivity contribution in [1.82, 2.24) is 0 Å². The van der Waals surface area contributed by atoms with Gasteiger partial charge in [-0.3, -0.25) is 0 Å². The third-order valence-corrected chi connectivity index (χ3v) is 1.35. The number of hydrogen-bond donors (Lipinski definition) is 0. The van der Waals surface area contributed by atoms with Crippen molar-refractivity contribution in [2.75, 3.05) is 0 Å². The lowest BCUT2D eigenvalue weighted by Gasteiger charge is -2.17. The van der Waals surface area contributed by atoms with Crippen LogP contribution in [-0.4, -0.2) is 6.18 Å². The Morgan fingerprint density at radius 2 is 1.58 bits per heavy atom. The van der Waals surface area contributed by atoms with Gasteiger partial charge in [0, 0.05) is 5.57 Å². The second-order valence-electron chi connectivity index (χ2n) is 3.89. The Bertz CT molecular complexity index is 169. The van der Waals surface area contributed by atoms with Crippen LogP contribution in [0.25, 0.3) is 0 Å². The lowest BCUT2D eigenvalue weighted by molar-refractivity contribution is -0.0943. The third kappa shape index (κ3) is 4.42. The van der Waals surface area contributed by atoms with E-state index in [1.165, 1.54) is 13.0 Å². The molecule has 0 aliphatic rings. The Morgan fingerprint density at radius 1 is 1.17 bits per heavy atom. The summed E-state index contributed by atoms with van der Waals surface area (Å²) in [5.74, 6) is 0. The number of hydrogen-bond acceptors (Lipinski definition) is 0. The monoisotopic (exact) mass is 180 g/mol. The maximum atomic E-state index is 12.2. The van der Waals surface area contributed by atoms with Gasteiger partial charge >= 0.3 is 6.18 Å². The van der Waals surface area contributed by atoms with Crippen molar-refractivity contribution < 1.29 is 13.2 Å². The van der Waals surface area contributed by atoms with Crippen molar-refractivity contribution in [3.63, 3.8) is 0 Å². The summed E-state index contributed by atoms with van der Waals surface area (Å²) in [7, 11) is 0. The number of halogens is 3. The zero-order valence-electron chi connectivity index (χ0n) is 7.92. The molecule has 3 heteroatoms. The Balaban J connectivity index is 4.68. The van der Waals surface area contributed by atoms with E-state index in [0.717, 1.165) is 0 Å². The van der Waals surface area contributed by atoms with Gasteiger partial charge in [0.1, 0.15) is 0 Å². The standard InChI is InChI=1S/C9H15F3/c1-5-7(9(10,11)12)6-8(2,3)4/h6H,5H2,1-4H3/b7-6+. The highest BCUT2D eigenvalue weighted by Crippen LogP contribution is 2.31. The normalized spacial score (nSPS) is 15.1. The molecule has 12 heavy (non-hydrogen) atoms. The van der Waals surface area contributed by atoms with Crippen molar-refractivity contribution in [2.45, 2.75) is 40.3 Å². The first kappa shape index (κ1) is 11.5. The van der Waals surface area contributed by atoms with Crippen molar-refractivity contribution in [1.29, 1.82) is 0 Å². The van der Waals surface area contributed by atoms with E-state index in [1.54, 1.807) is 20.8 Å². The first-order valence-corrected chi connectivity index (χ1v) is 3.95. The molecular weight excluding hydrogens is 165 g/mol. The molecular formula is C9H15F3. The first-order chi connectivity index (χ1) is 5.17. The van der Waals surface area contributed by atoms with Gasteiger partial charge in [-0.25, -0.2) is 0 Å². The fraction of sp³-hybridized carbons (Fsp3) is 0.778. The largest absolute Gasteiger partial charge is 0.412 e. The molecule has 0 spiro atoms. The topological polar surface area (TPSA) is 0 Å². The molecule has 0 amide bonds. The summed E-state index contributed by atoms with van der Waals surface area (Å²) in [5, 5.41) is 0. The summed E-state index contributed by atoms with van der Waals surface area (Å²) in [6.45, 7) is 6.79. The van der Waals surface area contributed by atoms with Crippen LogP contribution in [0.5, 0.6) is 0 Å². The summed E-state index contributed by atoms with van der Waals surface area (Å²) < 4.78 is 36.5. The molecule has 0 nitrogen and oxygen atoms in total. The average Bonchev–Trinajstić information content (AvgIpc) is 1.78. The highest BCUT2D eigenvalue weighted by atomic mass is 19.4. The summed E-state index contributed by atoms with van der Waals surface area (Å²) >= 11 is 0. The second-order valence-corrected chi connectivity index (χ2v) is 3.89. The highest BCUT2D eigenvalue weighted by molar-refractivity contribution is 5.11. The van der Waals surface area contributed by atoms with Crippen LogP contribution in [0.3, 0.4) is 0 Å². The molecule has 0 N–H and O–H groups in total. The smallest absolute Gasteiger partial charge is 0.166 e. The zero-order chi connectivity index (χ0) is 9.99. The zero-order valence-corrected chi connectivity index (χ0v) is 7.92. The molecule has 0 radical (unpaired) electrons. The van der Waals surface area contributed by atoms with Crippen molar-refractivity contribution in [3.05, 3.63) is 11.6 Å². The molecule has 0 heterocycles. The van der Waals surface area contributed by atoms with Gasteiger partial charge in [-0.15, -0.1) is 0 Å². The van der Waals surface area contributed by atoms with Crippen LogP contribution in [0.1, 0.15) is 34.1 Å². The van der Waals surface area contributed by atoms with Crippen molar-refractivity contribution in [2.24, 2.45) is 5.41 Å². The van der Waals surface area contributed by atoms with E-state index in [1.807, 2.05) is 0 Å². The number of alkyl halides is 3. The first-order valence-electron chi connectivity index (χ1n) is 3.95. The quantitative estimate of drug-likeness (QED) is 0.536. The maximum absolute atomic E-state index is 12.2. The summed E-state index contributed by atoms with van der Waals surface area (Å²) in [4.78, 5) is 0. The predicted molar refractivity (Wildman–Crippen MR) is 43.9 cm³/mol. The van der Waals surface area contributed by atoms with Crippen LogP contribution in [0, 0.1) is 5.41 Å². The van der Waals surface area contributed by atoms with Crippen LogP contribution in [0.2, 0.25) is 0 Å². The van der Waals surface area contributed by atoms with E-state index in [9.17, 15) is 13.2 Å². The Hall–Kier alpha value is -0.470. The second kappa shape index (κ2) is 3.50. The molecule has 0 atom stereocenters. The Morgan fingerprint density at radius 3 is 1.67 bits per heavy atom. The molecule has 0 unspecified atom stereocenters. The van der Waals surface area contributed by atoms with Gasteiger partial charge in [-0.05, 0) is 11.8 Å². The molecule has 0 fully saturated rings. The fourth-order valence-electron chi connectivity index (χ4n) is 0.907. The van der Waals surface area contributed by atoms with Gasteiger partial charge < -0.3 is 0 Å². The molecule has 0 aromatic carbocycles. The Kier molecular flexibility index (Phi) is 3.36. The maximum Gasteiger partial charge on any atom is 0.412 e. The minimum atomic E-state index is -4.16. The van der Waals surface area contributed by atoms with E-state index in [0.29, 0.717) is 0 Å². The SMILES string of the molecule is CC/C(=C\C(C)(C)C)C(F)(F)F. The van der Waals surface area contributed by atoms with Crippen molar-refractivity contribution in [3.8, 4) is 0 Å². The molecule has 0 rings (SSSR count). The van der Waals surface area contributed by atoms with Crippen LogP contribution in [-0.2, 0) is 0 Å². The molecule has 0 bridgehead atoms. The van der Waals surface area contributed by atoms with Gasteiger partial charge in [-0.1, -0.05) is 33.8 Å². The third-order valence-electron chi connectivity index (χ3n) is 1.35. The minimum absolute atomic E-state index is 0.0424. The predicted octanol–water partition coefficient (Wildman–Crippen LogP) is 3.93. The van der Waals surface area contributed by atoms with Crippen LogP contribution < -0.4 is 0 Å². The highest BCUT2D eigenvalue weighted by Gasteiger charge is 2.32. The molecule has 0 aromatic heterocycles. The summed E-state index contributed by atoms with van der Waals surface area (Å²) in [6.07, 6.45) is -2.84. The number of allylic oxidation sites excluding steroid dienone is 2. The minimum Gasteiger partial charge on any atom is -0.166 e. The van der Waals surface area contributed by atoms with Gasteiger partial charge in [0.15, 0.2) is 0 Å². The van der Waals surface area contributed by atoms with Crippen LogP contribution in [0.15, 0.2) is 11.6 Å². The number of rotatable bonds is 1. The van der Waals surface area contributed by atoms with E-state index in [-0.39, 0.29) is 6.42 Å². The molecule has 0 saturated carbocycles. The van der Waals surface area contributed by atoms with E-state index in [2.05, 4.69) is 0 Å². The van der Waals surface area contributed by atoms with Gasteiger partial charge in [0.25, 0.3) is 0 Å².